The van der Waals surface area contributed by atoms with Crippen LogP contribution in [0, 0.1) is 17.8 Å². The van der Waals surface area contributed by atoms with E-state index in [1.54, 1.807) is 0 Å². The van der Waals surface area contributed by atoms with Crippen LogP contribution in [0.15, 0.2) is 0 Å². The summed E-state index contributed by atoms with van der Waals surface area (Å²) in [5, 5.41) is 0. The SMILES string of the molecule is CC1CC(C(=O)OC2CCCC2)C2CC1OC2=O. The Balaban J connectivity index is 1.66. The van der Waals surface area contributed by atoms with E-state index in [9.17, 15) is 9.59 Å². The van der Waals surface area contributed by atoms with Crippen LogP contribution in [0.2, 0.25) is 0 Å². The van der Waals surface area contributed by atoms with Crippen LogP contribution in [0.3, 0.4) is 0 Å². The second kappa shape index (κ2) is 4.56. The number of carbonyl (C=O) groups excluding carboxylic acids is 2. The highest BCUT2D eigenvalue weighted by molar-refractivity contribution is 5.84. The number of esters is 2. The number of ether oxygens (including phenoxy) is 2. The van der Waals surface area contributed by atoms with Crippen LogP contribution >= 0.6 is 0 Å². The third kappa shape index (κ3) is 2.02. The summed E-state index contributed by atoms with van der Waals surface area (Å²) in [6, 6.07) is 0. The number of carbonyl (C=O) groups is 2. The molecule has 0 aromatic heterocycles. The normalized spacial score (nSPS) is 39.7. The average molecular weight is 252 g/mol. The standard InChI is InChI=1S/C14H20O4/c1-8-6-10(11-7-12(8)18-14(11)16)13(15)17-9-4-2-3-5-9/h8-12H,2-7H2,1H3. The molecule has 18 heavy (non-hydrogen) atoms. The molecule has 0 amide bonds. The van der Waals surface area contributed by atoms with Gasteiger partial charge in [0, 0.05) is 0 Å². The molecule has 3 aliphatic rings. The van der Waals surface area contributed by atoms with Crippen LogP contribution < -0.4 is 0 Å². The lowest BCUT2D eigenvalue weighted by Gasteiger charge is -2.29. The molecule has 3 rings (SSSR count). The zero-order chi connectivity index (χ0) is 12.7. The summed E-state index contributed by atoms with van der Waals surface area (Å²) >= 11 is 0. The van der Waals surface area contributed by atoms with E-state index in [1.165, 1.54) is 0 Å². The summed E-state index contributed by atoms with van der Waals surface area (Å²) in [5.74, 6) is -0.616. The van der Waals surface area contributed by atoms with E-state index >= 15 is 0 Å². The maximum atomic E-state index is 12.2. The fourth-order valence-electron chi connectivity index (χ4n) is 3.54. The van der Waals surface area contributed by atoms with Crippen molar-refractivity contribution < 1.29 is 19.1 Å². The lowest BCUT2D eigenvalue weighted by atomic mass is 9.75. The first kappa shape index (κ1) is 12.0. The first-order valence-electron chi connectivity index (χ1n) is 7.06. The minimum atomic E-state index is -0.271. The molecule has 100 valence electrons. The quantitative estimate of drug-likeness (QED) is 0.706. The summed E-state index contributed by atoms with van der Waals surface area (Å²) in [6.45, 7) is 2.05. The molecular weight excluding hydrogens is 232 g/mol. The summed E-state index contributed by atoms with van der Waals surface area (Å²) in [6.07, 6.45) is 5.79. The van der Waals surface area contributed by atoms with Crippen LogP contribution in [-0.4, -0.2) is 24.1 Å². The van der Waals surface area contributed by atoms with Crippen molar-refractivity contribution in [2.24, 2.45) is 17.8 Å². The molecular formula is C14H20O4. The lowest BCUT2D eigenvalue weighted by Crippen LogP contribution is -2.36. The molecule has 1 heterocycles. The smallest absolute Gasteiger partial charge is 0.310 e. The van der Waals surface area contributed by atoms with E-state index in [-0.39, 0.29) is 41.9 Å². The summed E-state index contributed by atoms with van der Waals surface area (Å²) < 4.78 is 10.9. The third-order valence-electron chi connectivity index (χ3n) is 4.69. The second-order valence-corrected chi connectivity index (χ2v) is 5.98. The van der Waals surface area contributed by atoms with Gasteiger partial charge < -0.3 is 9.47 Å². The molecule has 4 unspecified atom stereocenters. The number of rotatable bonds is 2. The van der Waals surface area contributed by atoms with Gasteiger partial charge in [-0.2, -0.15) is 0 Å². The molecule has 1 aliphatic heterocycles. The van der Waals surface area contributed by atoms with Gasteiger partial charge in [-0.3, -0.25) is 9.59 Å². The van der Waals surface area contributed by atoms with E-state index in [2.05, 4.69) is 6.92 Å². The van der Waals surface area contributed by atoms with Crippen LogP contribution in [0.4, 0.5) is 0 Å². The Morgan fingerprint density at radius 1 is 1.28 bits per heavy atom. The van der Waals surface area contributed by atoms with Gasteiger partial charge in [-0.05, 0) is 44.4 Å². The minimum absolute atomic E-state index is 0.0260. The summed E-state index contributed by atoms with van der Waals surface area (Å²) in [4.78, 5) is 23.9. The lowest BCUT2D eigenvalue weighted by molar-refractivity contribution is -0.159. The average Bonchev–Trinajstić information content (AvgIpc) is 2.93. The van der Waals surface area contributed by atoms with Crippen LogP contribution in [0.1, 0.15) is 45.4 Å². The Kier molecular flexibility index (Phi) is 3.04. The van der Waals surface area contributed by atoms with Crippen LogP contribution in [0.5, 0.6) is 0 Å². The van der Waals surface area contributed by atoms with E-state index in [0.717, 1.165) is 32.1 Å². The highest BCUT2D eigenvalue weighted by Crippen LogP contribution is 2.42. The maximum absolute atomic E-state index is 12.2. The maximum Gasteiger partial charge on any atom is 0.310 e. The monoisotopic (exact) mass is 252 g/mol. The summed E-state index contributed by atoms with van der Waals surface area (Å²) in [5.41, 5.74) is 0. The second-order valence-electron chi connectivity index (χ2n) is 5.98. The van der Waals surface area contributed by atoms with Gasteiger partial charge >= 0.3 is 11.9 Å². The molecule has 2 saturated carbocycles. The Morgan fingerprint density at radius 2 is 2.00 bits per heavy atom. The Bertz CT molecular complexity index is 359. The molecule has 3 fully saturated rings. The Hall–Kier alpha value is -1.06. The molecule has 4 heteroatoms. The minimum Gasteiger partial charge on any atom is -0.462 e. The van der Waals surface area contributed by atoms with Crippen molar-refractivity contribution in [3.8, 4) is 0 Å². The fraction of sp³-hybridized carbons (Fsp3) is 0.857. The van der Waals surface area contributed by atoms with Crippen molar-refractivity contribution in [3.63, 3.8) is 0 Å². The van der Waals surface area contributed by atoms with E-state index in [0.29, 0.717) is 6.42 Å². The van der Waals surface area contributed by atoms with E-state index < -0.39 is 0 Å². The summed E-state index contributed by atoms with van der Waals surface area (Å²) in [7, 11) is 0. The van der Waals surface area contributed by atoms with Gasteiger partial charge in [-0.15, -0.1) is 0 Å². The third-order valence-corrected chi connectivity index (χ3v) is 4.69. The van der Waals surface area contributed by atoms with Crippen LogP contribution in [-0.2, 0) is 19.1 Å². The number of fused-ring (bicyclic) bond motifs is 2. The zero-order valence-corrected chi connectivity index (χ0v) is 10.8. The van der Waals surface area contributed by atoms with Crippen molar-refractivity contribution >= 4 is 11.9 Å². The number of hydrogen-bond acceptors (Lipinski definition) is 4. The largest absolute Gasteiger partial charge is 0.462 e. The van der Waals surface area contributed by atoms with Crippen molar-refractivity contribution in [2.45, 2.75) is 57.7 Å². The molecule has 2 bridgehead atoms. The molecule has 4 atom stereocenters. The van der Waals surface area contributed by atoms with Gasteiger partial charge in [0.25, 0.3) is 0 Å². The van der Waals surface area contributed by atoms with Crippen molar-refractivity contribution in [1.29, 1.82) is 0 Å². The van der Waals surface area contributed by atoms with Gasteiger partial charge in [-0.25, -0.2) is 0 Å². The number of hydrogen-bond donors (Lipinski definition) is 0. The van der Waals surface area contributed by atoms with Gasteiger partial charge in [0.2, 0.25) is 0 Å². The highest BCUT2D eigenvalue weighted by Gasteiger charge is 2.50. The molecule has 0 spiro atoms. The first-order valence-corrected chi connectivity index (χ1v) is 7.06. The van der Waals surface area contributed by atoms with Gasteiger partial charge in [0.15, 0.2) is 0 Å². The van der Waals surface area contributed by atoms with Crippen molar-refractivity contribution in [1.82, 2.24) is 0 Å². The fourth-order valence-corrected chi connectivity index (χ4v) is 3.54. The molecule has 0 radical (unpaired) electrons. The molecule has 0 N–H and O–H groups in total. The Morgan fingerprint density at radius 3 is 2.72 bits per heavy atom. The van der Waals surface area contributed by atoms with Gasteiger partial charge in [0.1, 0.15) is 12.2 Å². The van der Waals surface area contributed by atoms with Crippen molar-refractivity contribution in [3.05, 3.63) is 0 Å². The van der Waals surface area contributed by atoms with Crippen molar-refractivity contribution in [2.75, 3.05) is 0 Å². The predicted octanol–water partition coefficient (Wildman–Crippen LogP) is 2.06. The van der Waals surface area contributed by atoms with Crippen LogP contribution in [0.25, 0.3) is 0 Å². The highest BCUT2D eigenvalue weighted by atomic mass is 16.6. The Labute approximate surface area is 107 Å². The topological polar surface area (TPSA) is 52.6 Å². The molecule has 4 nitrogen and oxygen atoms in total. The predicted molar refractivity (Wildman–Crippen MR) is 63.6 cm³/mol. The zero-order valence-electron chi connectivity index (χ0n) is 10.8. The molecule has 2 aliphatic carbocycles. The first-order chi connectivity index (χ1) is 8.65. The molecule has 0 aromatic carbocycles. The molecule has 0 aromatic rings. The van der Waals surface area contributed by atoms with Gasteiger partial charge in [-0.1, -0.05) is 6.92 Å². The van der Waals surface area contributed by atoms with E-state index in [1.807, 2.05) is 0 Å². The molecule has 1 saturated heterocycles. The van der Waals surface area contributed by atoms with E-state index in [4.69, 9.17) is 9.47 Å². The van der Waals surface area contributed by atoms with Gasteiger partial charge in [0.05, 0.1) is 11.8 Å².